The molecule has 0 aliphatic heterocycles. The second-order valence-electron chi connectivity index (χ2n) is 6.02. The van der Waals surface area contributed by atoms with Crippen LogP contribution < -0.4 is 15.0 Å². The van der Waals surface area contributed by atoms with E-state index >= 15 is 0 Å². The predicted molar refractivity (Wildman–Crippen MR) is 102 cm³/mol. The highest BCUT2D eigenvalue weighted by molar-refractivity contribution is 6.03. The van der Waals surface area contributed by atoms with Crippen molar-refractivity contribution in [1.82, 2.24) is 9.55 Å². The van der Waals surface area contributed by atoms with Crippen LogP contribution in [0.25, 0.3) is 21.8 Å². The minimum Gasteiger partial charge on any atom is -0.497 e. The van der Waals surface area contributed by atoms with Crippen LogP contribution in [0.1, 0.15) is 5.56 Å². The van der Waals surface area contributed by atoms with Gasteiger partial charge in [0, 0.05) is 17.6 Å². The highest BCUT2D eigenvalue weighted by Crippen LogP contribution is 2.26. The molecule has 26 heavy (non-hydrogen) atoms. The van der Waals surface area contributed by atoms with E-state index in [1.165, 1.54) is 0 Å². The Kier molecular flexibility index (Phi) is 4.05. The van der Waals surface area contributed by atoms with Crippen molar-refractivity contribution in [2.75, 3.05) is 14.2 Å². The zero-order valence-corrected chi connectivity index (χ0v) is 14.6. The van der Waals surface area contributed by atoms with Gasteiger partial charge in [-0.05, 0) is 42.0 Å². The summed E-state index contributed by atoms with van der Waals surface area (Å²) in [5, 5.41) is 1.54. The minimum absolute atomic E-state index is 0.0651. The van der Waals surface area contributed by atoms with Crippen LogP contribution >= 0.6 is 0 Å². The second-order valence-corrected chi connectivity index (χ2v) is 6.02. The summed E-state index contributed by atoms with van der Waals surface area (Å²) in [6, 6.07) is 17.0. The van der Waals surface area contributed by atoms with E-state index in [1.54, 1.807) is 31.0 Å². The first-order valence-corrected chi connectivity index (χ1v) is 8.29. The van der Waals surface area contributed by atoms with E-state index in [2.05, 4.69) is 4.98 Å². The van der Waals surface area contributed by atoms with E-state index in [0.717, 1.165) is 22.2 Å². The number of hydrogen-bond acceptors (Lipinski definition) is 4. The fourth-order valence-electron chi connectivity index (χ4n) is 3.18. The summed E-state index contributed by atoms with van der Waals surface area (Å²) >= 11 is 0. The zero-order valence-electron chi connectivity index (χ0n) is 14.6. The van der Waals surface area contributed by atoms with Crippen LogP contribution in [0.15, 0.2) is 65.6 Å². The summed E-state index contributed by atoms with van der Waals surface area (Å²) in [6.45, 7) is 0.456. The van der Waals surface area contributed by atoms with Crippen LogP contribution in [0, 0.1) is 0 Å². The summed E-state index contributed by atoms with van der Waals surface area (Å²) in [7, 11) is 3.25. The van der Waals surface area contributed by atoms with Gasteiger partial charge in [-0.3, -0.25) is 9.78 Å². The van der Waals surface area contributed by atoms with E-state index < -0.39 is 0 Å². The van der Waals surface area contributed by atoms with Crippen LogP contribution in [-0.2, 0) is 6.54 Å². The van der Waals surface area contributed by atoms with Crippen LogP contribution in [0.4, 0.5) is 0 Å². The normalized spacial score (nSPS) is 11.0. The molecule has 5 heteroatoms. The van der Waals surface area contributed by atoms with Gasteiger partial charge in [-0.25, -0.2) is 0 Å². The molecule has 2 aromatic heterocycles. The fourth-order valence-corrected chi connectivity index (χ4v) is 3.18. The van der Waals surface area contributed by atoms with Gasteiger partial charge in [0.25, 0.3) is 5.56 Å². The van der Waals surface area contributed by atoms with Gasteiger partial charge in [-0.15, -0.1) is 0 Å². The standard InChI is InChI=1S/C21H18N2O3/c1-25-15-7-5-14(6-8-15)13-23-19-12-16(26-2)9-10-17(19)20-18(21(23)24)4-3-11-22-20/h3-12H,13H2,1-2H3. The van der Waals surface area contributed by atoms with Gasteiger partial charge in [0.15, 0.2) is 0 Å². The lowest BCUT2D eigenvalue weighted by Gasteiger charge is -2.14. The maximum Gasteiger partial charge on any atom is 0.260 e. The number of pyridine rings is 2. The maximum atomic E-state index is 13.1. The third kappa shape index (κ3) is 2.67. The van der Waals surface area contributed by atoms with E-state index in [1.807, 2.05) is 48.5 Å². The lowest BCUT2D eigenvalue weighted by Crippen LogP contribution is -2.21. The molecule has 0 atom stereocenters. The molecule has 5 nitrogen and oxygen atoms in total. The number of rotatable bonds is 4. The first kappa shape index (κ1) is 16.1. The quantitative estimate of drug-likeness (QED) is 0.530. The molecule has 130 valence electrons. The van der Waals surface area contributed by atoms with Crippen molar-refractivity contribution >= 4 is 21.8 Å². The monoisotopic (exact) mass is 346 g/mol. The van der Waals surface area contributed by atoms with Gasteiger partial charge in [0.05, 0.1) is 37.2 Å². The van der Waals surface area contributed by atoms with E-state index in [4.69, 9.17) is 9.47 Å². The van der Waals surface area contributed by atoms with Gasteiger partial charge in [0.2, 0.25) is 0 Å². The molecule has 2 heterocycles. The Bertz CT molecular complexity index is 1150. The Morgan fingerprint density at radius 3 is 2.38 bits per heavy atom. The SMILES string of the molecule is COc1ccc(Cn2c(=O)c3cccnc3c3ccc(OC)cc32)cc1. The summed E-state index contributed by atoms with van der Waals surface area (Å²) in [5.74, 6) is 1.49. The third-order valence-electron chi connectivity index (χ3n) is 4.53. The van der Waals surface area contributed by atoms with Gasteiger partial charge >= 0.3 is 0 Å². The number of aromatic nitrogens is 2. The first-order valence-electron chi connectivity index (χ1n) is 8.29. The molecule has 2 aromatic carbocycles. The molecule has 0 aliphatic carbocycles. The summed E-state index contributed by atoms with van der Waals surface area (Å²) in [4.78, 5) is 17.6. The second kappa shape index (κ2) is 6.52. The van der Waals surface area contributed by atoms with Gasteiger partial charge in [-0.2, -0.15) is 0 Å². The van der Waals surface area contributed by atoms with E-state index in [0.29, 0.717) is 23.2 Å². The van der Waals surface area contributed by atoms with Gasteiger partial charge in [-0.1, -0.05) is 12.1 Å². The topological polar surface area (TPSA) is 53.4 Å². The number of nitrogens with zero attached hydrogens (tertiary/aromatic N) is 2. The largest absolute Gasteiger partial charge is 0.497 e. The van der Waals surface area contributed by atoms with Crippen molar-refractivity contribution in [2.24, 2.45) is 0 Å². The number of methoxy groups -OCH3 is 2. The molecule has 4 aromatic rings. The lowest BCUT2D eigenvalue weighted by atomic mass is 10.1. The first-order chi connectivity index (χ1) is 12.7. The van der Waals surface area contributed by atoms with E-state index in [9.17, 15) is 4.79 Å². The van der Waals surface area contributed by atoms with Gasteiger partial charge in [0.1, 0.15) is 11.5 Å². The summed E-state index contributed by atoms with van der Waals surface area (Å²) in [6.07, 6.45) is 1.71. The smallest absolute Gasteiger partial charge is 0.260 e. The number of fused-ring (bicyclic) bond motifs is 3. The van der Waals surface area contributed by atoms with Crippen molar-refractivity contribution in [1.29, 1.82) is 0 Å². The fraction of sp³-hybridized carbons (Fsp3) is 0.143. The van der Waals surface area contributed by atoms with Crippen LogP contribution in [0.3, 0.4) is 0 Å². The van der Waals surface area contributed by atoms with Crippen molar-refractivity contribution in [3.8, 4) is 11.5 Å². The Morgan fingerprint density at radius 1 is 0.923 bits per heavy atom. The molecule has 0 amide bonds. The summed E-state index contributed by atoms with van der Waals surface area (Å²) in [5.41, 5.74) is 2.46. The molecule has 0 saturated carbocycles. The molecule has 0 unspecified atom stereocenters. The molecular formula is C21H18N2O3. The Balaban J connectivity index is 1.98. The Labute approximate surface area is 150 Å². The molecule has 0 saturated heterocycles. The number of hydrogen-bond donors (Lipinski definition) is 0. The minimum atomic E-state index is -0.0651. The zero-order chi connectivity index (χ0) is 18.1. The highest BCUT2D eigenvalue weighted by atomic mass is 16.5. The van der Waals surface area contributed by atoms with E-state index in [-0.39, 0.29) is 5.56 Å². The predicted octanol–water partition coefficient (Wildman–Crippen LogP) is 3.62. The van der Waals surface area contributed by atoms with Crippen molar-refractivity contribution in [2.45, 2.75) is 6.54 Å². The molecule has 0 fully saturated rings. The van der Waals surface area contributed by atoms with Crippen LogP contribution in [-0.4, -0.2) is 23.8 Å². The van der Waals surface area contributed by atoms with Crippen molar-refractivity contribution in [3.63, 3.8) is 0 Å². The van der Waals surface area contributed by atoms with Crippen LogP contribution in [0.2, 0.25) is 0 Å². The average molecular weight is 346 g/mol. The molecule has 0 N–H and O–H groups in total. The molecule has 4 rings (SSSR count). The summed E-state index contributed by atoms with van der Waals surface area (Å²) < 4.78 is 12.3. The Hall–Kier alpha value is -3.34. The van der Waals surface area contributed by atoms with Crippen LogP contribution in [0.5, 0.6) is 11.5 Å². The van der Waals surface area contributed by atoms with Crippen molar-refractivity contribution in [3.05, 3.63) is 76.7 Å². The third-order valence-corrected chi connectivity index (χ3v) is 4.53. The highest BCUT2D eigenvalue weighted by Gasteiger charge is 2.13. The molecular weight excluding hydrogens is 328 g/mol. The maximum absolute atomic E-state index is 13.1. The lowest BCUT2D eigenvalue weighted by molar-refractivity contribution is 0.414. The molecule has 0 aliphatic rings. The number of benzene rings is 2. The molecule has 0 bridgehead atoms. The Morgan fingerprint density at radius 2 is 1.65 bits per heavy atom. The van der Waals surface area contributed by atoms with Gasteiger partial charge < -0.3 is 14.0 Å². The average Bonchev–Trinajstić information content (AvgIpc) is 2.71. The molecule has 0 radical (unpaired) electrons. The number of ether oxygens (including phenoxy) is 2. The molecule has 0 spiro atoms. The van der Waals surface area contributed by atoms with Crippen molar-refractivity contribution < 1.29 is 9.47 Å².